The van der Waals surface area contributed by atoms with Crippen molar-refractivity contribution in [3.05, 3.63) is 41.7 Å². The summed E-state index contributed by atoms with van der Waals surface area (Å²) in [5.41, 5.74) is 4.39. The van der Waals surface area contributed by atoms with Gasteiger partial charge in [0, 0.05) is 12.1 Å². The molecule has 0 unspecified atom stereocenters. The van der Waals surface area contributed by atoms with Crippen LogP contribution in [-0.2, 0) is 0 Å². The monoisotopic (exact) mass is 286 g/mol. The predicted octanol–water partition coefficient (Wildman–Crippen LogP) is 1.84. The van der Waals surface area contributed by atoms with E-state index in [1.54, 1.807) is 18.3 Å². The minimum Gasteiger partial charge on any atom is -0.321 e. The fourth-order valence-corrected chi connectivity index (χ4v) is 1.75. The van der Waals surface area contributed by atoms with Gasteiger partial charge >= 0.3 is 0 Å². The van der Waals surface area contributed by atoms with Crippen LogP contribution in [0.4, 0.5) is 11.4 Å². The van der Waals surface area contributed by atoms with E-state index in [0.29, 0.717) is 17.2 Å². The number of pyridine rings is 1. The van der Waals surface area contributed by atoms with Gasteiger partial charge in [0.2, 0.25) is 0 Å². The lowest BCUT2D eigenvalue weighted by Crippen LogP contribution is -2.21. The van der Waals surface area contributed by atoms with Crippen LogP contribution in [0.3, 0.4) is 0 Å². The maximum Gasteiger partial charge on any atom is 0.276 e. The van der Waals surface area contributed by atoms with Crippen molar-refractivity contribution in [3.8, 4) is 0 Å². The molecule has 0 saturated heterocycles. The van der Waals surface area contributed by atoms with Gasteiger partial charge < -0.3 is 10.7 Å². The number of amides is 1. The third kappa shape index (κ3) is 3.32. The number of hydrogen-bond donors (Lipinski definition) is 3. The molecule has 4 N–H and O–H groups in total. The van der Waals surface area contributed by atoms with Gasteiger partial charge in [0.05, 0.1) is 23.3 Å². The van der Waals surface area contributed by atoms with Crippen molar-refractivity contribution in [2.75, 3.05) is 10.7 Å². The topological polar surface area (TPSA) is 106 Å². The summed E-state index contributed by atoms with van der Waals surface area (Å²) in [6.07, 6.45) is 3.17. The van der Waals surface area contributed by atoms with Gasteiger partial charge in [0.15, 0.2) is 5.69 Å². The Bertz CT molecular complexity index is 656. The third-order valence-electron chi connectivity index (χ3n) is 2.95. The molecule has 2 rings (SSSR count). The van der Waals surface area contributed by atoms with Crippen LogP contribution in [0.5, 0.6) is 0 Å². The molecule has 0 aromatic carbocycles. The predicted molar refractivity (Wildman–Crippen MR) is 80.9 cm³/mol. The van der Waals surface area contributed by atoms with E-state index in [2.05, 4.69) is 25.7 Å². The Balaban J connectivity index is 2.34. The van der Waals surface area contributed by atoms with Gasteiger partial charge in [-0.25, -0.2) is 9.97 Å². The number of anilines is 2. The highest BCUT2D eigenvalue weighted by molar-refractivity contribution is 6.06. The fourth-order valence-electron chi connectivity index (χ4n) is 1.75. The van der Waals surface area contributed by atoms with Crippen LogP contribution in [0, 0.1) is 6.92 Å². The van der Waals surface area contributed by atoms with Crippen LogP contribution in [0.15, 0.2) is 24.5 Å². The molecule has 1 amide bonds. The summed E-state index contributed by atoms with van der Waals surface area (Å²) in [4.78, 5) is 25.0. The summed E-state index contributed by atoms with van der Waals surface area (Å²) in [6.45, 7) is 5.73. The first-order valence-electron chi connectivity index (χ1n) is 6.59. The molecular weight excluding hydrogens is 268 g/mol. The molecule has 0 aliphatic rings. The third-order valence-corrected chi connectivity index (χ3v) is 2.95. The number of carbonyl (C=O) groups is 1. The summed E-state index contributed by atoms with van der Waals surface area (Å²) >= 11 is 0. The van der Waals surface area contributed by atoms with Crippen molar-refractivity contribution in [1.29, 1.82) is 0 Å². The smallest absolute Gasteiger partial charge is 0.276 e. The number of nitrogens with zero attached hydrogens (tertiary/aromatic N) is 3. The normalized spacial score (nSPS) is 10.5. The number of hydrazine groups is 1. The van der Waals surface area contributed by atoms with Crippen LogP contribution >= 0.6 is 0 Å². The minimum absolute atomic E-state index is 0.114. The first-order chi connectivity index (χ1) is 10.0. The van der Waals surface area contributed by atoms with Crippen molar-refractivity contribution in [3.63, 3.8) is 0 Å². The zero-order valence-electron chi connectivity index (χ0n) is 12.2. The van der Waals surface area contributed by atoms with Gasteiger partial charge in [0.1, 0.15) is 5.82 Å². The highest BCUT2D eigenvalue weighted by atomic mass is 16.1. The lowest BCUT2D eigenvalue weighted by molar-refractivity contribution is 0.102. The maximum absolute atomic E-state index is 12.4. The number of nitrogens with two attached hydrogens (primary N) is 1. The minimum atomic E-state index is -0.358. The molecule has 7 heteroatoms. The quantitative estimate of drug-likeness (QED) is 0.585. The molecule has 7 nitrogen and oxygen atoms in total. The van der Waals surface area contributed by atoms with Gasteiger partial charge in [-0.15, -0.1) is 0 Å². The Labute approximate surface area is 123 Å². The van der Waals surface area contributed by atoms with Gasteiger partial charge in [-0.1, -0.05) is 13.8 Å². The van der Waals surface area contributed by atoms with Gasteiger partial charge in [-0.2, -0.15) is 0 Å². The van der Waals surface area contributed by atoms with E-state index in [0.717, 1.165) is 5.69 Å². The van der Waals surface area contributed by atoms with E-state index in [1.807, 2.05) is 20.8 Å². The fraction of sp³-hybridized carbons (Fsp3) is 0.286. The average Bonchev–Trinajstić information content (AvgIpc) is 2.48. The maximum atomic E-state index is 12.4. The standard InChI is InChI=1S/C14H18N6O/c1-8(2)13-17-7-11(20-15)12(19-13)14(21)18-10-5-4-6-16-9(10)3/h4-8,20H,15H2,1-3H3,(H,18,21). The van der Waals surface area contributed by atoms with E-state index in [1.165, 1.54) is 6.20 Å². The number of nitrogens with one attached hydrogen (secondary N) is 2. The summed E-state index contributed by atoms with van der Waals surface area (Å²) in [5.74, 6) is 5.76. The molecule has 0 saturated carbocycles. The molecule has 0 spiro atoms. The Morgan fingerprint density at radius 3 is 2.67 bits per heavy atom. The molecule has 0 aliphatic heterocycles. The second-order valence-electron chi connectivity index (χ2n) is 4.88. The largest absolute Gasteiger partial charge is 0.321 e. The van der Waals surface area contributed by atoms with Crippen LogP contribution < -0.4 is 16.6 Å². The van der Waals surface area contributed by atoms with Gasteiger partial charge in [-0.3, -0.25) is 15.6 Å². The SMILES string of the molecule is Cc1ncccc1NC(=O)c1nc(C(C)C)ncc1NN. The van der Waals surface area contributed by atoms with Crippen LogP contribution in [0.2, 0.25) is 0 Å². The summed E-state index contributed by atoms with van der Waals surface area (Å²) < 4.78 is 0. The van der Waals surface area contributed by atoms with E-state index in [9.17, 15) is 4.79 Å². The molecule has 0 aliphatic carbocycles. The highest BCUT2D eigenvalue weighted by Crippen LogP contribution is 2.18. The van der Waals surface area contributed by atoms with E-state index < -0.39 is 0 Å². The Morgan fingerprint density at radius 1 is 1.29 bits per heavy atom. The lowest BCUT2D eigenvalue weighted by atomic mass is 10.2. The van der Waals surface area contributed by atoms with Crippen molar-refractivity contribution in [2.24, 2.45) is 5.84 Å². The van der Waals surface area contributed by atoms with Gasteiger partial charge in [-0.05, 0) is 19.1 Å². The summed E-state index contributed by atoms with van der Waals surface area (Å²) in [6, 6.07) is 3.53. The zero-order chi connectivity index (χ0) is 15.4. The molecule has 0 radical (unpaired) electrons. The molecule has 0 fully saturated rings. The van der Waals surface area contributed by atoms with E-state index in [-0.39, 0.29) is 17.5 Å². The number of aryl methyl sites for hydroxylation is 1. The number of aromatic nitrogens is 3. The first kappa shape index (κ1) is 14.9. The summed E-state index contributed by atoms with van der Waals surface area (Å²) in [7, 11) is 0. The Hall–Kier alpha value is -2.54. The molecule has 2 heterocycles. The Morgan fingerprint density at radius 2 is 2.05 bits per heavy atom. The number of rotatable bonds is 4. The first-order valence-corrected chi connectivity index (χ1v) is 6.59. The van der Waals surface area contributed by atoms with Crippen molar-refractivity contribution in [1.82, 2.24) is 15.0 Å². The molecule has 110 valence electrons. The average molecular weight is 286 g/mol. The highest BCUT2D eigenvalue weighted by Gasteiger charge is 2.17. The number of carbonyl (C=O) groups excluding carboxylic acids is 1. The number of nitrogen functional groups attached to an aromatic ring is 1. The molecule has 0 bridgehead atoms. The summed E-state index contributed by atoms with van der Waals surface area (Å²) in [5, 5.41) is 2.78. The van der Waals surface area contributed by atoms with Crippen molar-refractivity contribution in [2.45, 2.75) is 26.7 Å². The molecule has 21 heavy (non-hydrogen) atoms. The second kappa shape index (κ2) is 6.27. The van der Waals surface area contributed by atoms with E-state index in [4.69, 9.17) is 5.84 Å². The molecule has 0 atom stereocenters. The molecular formula is C14H18N6O. The van der Waals surface area contributed by atoms with Crippen LogP contribution in [-0.4, -0.2) is 20.9 Å². The molecule has 2 aromatic heterocycles. The van der Waals surface area contributed by atoms with Crippen molar-refractivity contribution >= 4 is 17.3 Å². The van der Waals surface area contributed by atoms with Crippen molar-refractivity contribution < 1.29 is 4.79 Å². The lowest BCUT2D eigenvalue weighted by Gasteiger charge is -2.12. The number of hydrogen-bond acceptors (Lipinski definition) is 6. The van der Waals surface area contributed by atoms with Crippen LogP contribution in [0.25, 0.3) is 0 Å². The second-order valence-corrected chi connectivity index (χ2v) is 4.88. The van der Waals surface area contributed by atoms with Gasteiger partial charge in [0.25, 0.3) is 5.91 Å². The van der Waals surface area contributed by atoms with Crippen LogP contribution in [0.1, 0.15) is 41.8 Å². The van der Waals surface area contributed by atoms with E-state index >= 15 is 0 Å². The molecule has 2 aromatic rings. The zero-order valence-corrected chi connectivity index (χ0v) is 12.2. The Kier molecular flexibility index (Phi) is 4.44.